The molecular formula is C20H26ClFN2O2. The summed E-state index contributed by atoms with van der Waals surface area (Å²) in [4.78, 5) is 6.57. The smallest absolute Gasteiger partial charge is 0.149 e. The molecule has 2 atom stereocenters. The van der Waals surface area contributed by atoms with Gasteiger partial charge in [0.05, 0.1) is 12.2 Å². The van der Waals surface area contributed by atoms with Gasteiger partial charge in [0.2, 0.25) is 0 Å². The van der Waals surface area contributed by atoms with E-state index in [0.29, 0.717) is 17.1 Å². The van der Waals surface area contributed by atoms with Gasteiger partial charge in [-0.25, -0.2) is 9.37 Å². The van der Waals surface area contributed by atoms with Crippen LogP contribution in [0.5, 0.6) is 11.5 Å². The molecule has 1 aromatic heterocycles. The van der Waals surface area contributed by atoms with Crippen molar-refractivity contribution in [1.82, 2.24) is 4.98 Å². The van der Waals surface area contributed by atoms with Crippen molar-refractivity contribution in [2.24, 2.45) is 0 Å². The monoisotopic (exact) mass is 380 g/mol. The lowest BCUT2D eigenvalue weighted by Crippen LogP contribution is -2.45. The number of aromatic nitrogens is 1. The Morgan fingerprint density at radius 3 is 2.50 bits per heavy atom. The molecule has 0 spiro atoms. The number of benzene rings is 1. The van der Waals surface area contributed by atoms with E-state index in [1.165, 1.54) is 0 Å². The largest absolute Gasteiger partial charge is 0.455 e. The molecule has 0 amide bonds. The van der Waals surface area contributed by atoms with Crippen LogP contribution in [0, 0.1) is 12.7 Å². The maximum atomic E-state index is 13.9. The molecule has 0 N–H and O–H groups in total. The van der Waals surface area contributed by atoms with E-state index in [1.807, 2.05) is 33.8 Å². The van der Waals surface area contributed by atoms with Gasteiger partial charge in [0, 0.05) is 25.4 Å². The van der Waals surface area contributed by atoms with Crippen LogP contribution in [0.15, 0.2) is 30.5 Å². The highest BCUT2D eigenvalue weighted by Crippen LogP contribution is 2.33. The zero-order chi connectivity index (χ0) is 19.3. The van der Waals surface area contributed by atoms with Crippen LogP contribution in [0.3, 0.4) is 0 Å². The Balaban J connectivity index is 0.00000117. The van der Waals surface area contributed by atoms with E-state index in [0.717, 1.165) is 18.9 Å². The number of rotatable bonds is 3. The summed E-state index contributed by atoms with van der Waals surface area (Å²) in [6.07, 6.45) is 1.95. The fourth-order valence-electron chi connectivity index (χ4n) is 2.84. The maximum Gasteiger partial charge on any atom is 0.149 e. The Bertz CT molecular complexity index is 732. The summed E-state index contributed by atoms with van der Waals surface area (Å²) in [5, 5.41) is -0.0121. The van der Waals surface area contributed by atoms with Crippen LogP contribution >= 0.6 is 11.6 Å². The molecule has 1 fully saturated rings. The summed E-state index contributed by atoms with van der Waals surface area (Å²) in [5.41, 5.74) is 0.485. The summed E-state index contributed by atoms with van der Waals surface area (Å²) in [5.74, 6) is 1.20. The van der Waals surface area contributed by atoms with Crippen LogP contribution in [0.4, 0.5) is 10.2 Å². The third-order valence-electron chi connectivity index (χ3n) is 3.93. The van der Waals surface area contributed by atoms with E-state index < -0.39 is 5.82 Å². The molecule has 2 heterocycles. The molecule has 3 rings (SSSR count). The Kier molecular flexibility index (Phi) is 7.23. The summed E-state index contributed by atoms with van der Waals surface area (Å²) in [6, 6.07) is 6.87. The molecule has 2 aromatic rings. The van der Waals surface area contributed by atoms with Gasteiger partial charge in [-0.2, -0.15) is 0 Å². The van der Waals surface area contributed by atoms with E-state index in [2.05, 4.69) is 9.88 Å². The van der Waals surface area contributed by atoms with Crippen molar-refractivity contribution in [3.8, 4) is 11.5 Å². The lowest BCUT2D eigenvalue weighted by Gasteiger charge is -2.36. The first kappa shape index (κ1) is 20.5. The normalized spacial score (nSPS) is 19.6. The highest BCUT2D eigenvalue weighted by Gasteiger charge is 2.23. The second-order valence-corrected chi connectivity index (χ2v) is 6.50. The van der Waals surface area contributed by atoms with Gasteiger partial charge >= 0.3 is 0 Å². The maximum absolute atomic E-state index is 13.9. The van der Waals surface area contributed by atoms with Gasteiger partial charge in [0.15, 0.2) is 0 Å². The standard InChI is InChI=1S/C18H20ClFN2O2.C2H6/c1-11-4-5-15(17(19)18(11)20)24-14-6-7-21-16(8-14)22-9-12(2)23-13(3)10-22;1-2/h4-8,12-13H,9-10H2,1-3H3;1-2H3. The molecule has 1 aromatic carbocycles. The molecule has 0 saturated carbocycles. The number of pyridine rings is 1. The average Bonchev–Trinajstić information content (AvgIpc) is 2.63. The van der Waals surface area contributed by atoms with Gasteiger partial charge in [0.25, 0.3) is 0 Å². The number of morpholine rings is 1. The zero-order valence-electron chi connectivity index (χ0n) is 15.9. The first-order valence-electron chi connectivity index (χ1n) is 8.93. The Hall–Kier alpha value is -1.85. The average molecular weight is 381 g/mol. The summed E-state index contributed by atoms with van der Waals surface area (Å²) < 4.78 is 25.4. The molecule has 26 heavy (non-hydrogen) atoms. The molecule has 0 aliphatic carbocycles. The van der Waals surface area contributed by atoms with Crippen LogP contribution < -0.4 is 9.64 Å². The molecule has 1 aliphatic heterocycles. The van der Waals surface area contributed by atoms with E-state index in [4.69, 9.17) is 21.1 Å². The van der Waals surface area contributed by atoms with Gasteiger partial charge in [-0.3, -0.25) is 0 Å². The molecular weight excluding hydrogens is 355 g/mol. The first-order valence-corrected chi connectivity index (χ1v) is 9.30. The van der Waals surface area contributed by atoms with Crippen molar-refractivity contribution in [3.63, 3.8) is 0 Å². The minimum absolute atomic E-state index is 0.0121. The molecule has 142 valence electrons. The van der Waals surface area contributed by atoms with Gasteiger partial charge in [-0.05, 0) is 38.5 Å². The predicted octanol–water partition coefficient (Wildman–Crippen LogP) is 5.61. The second kappa shape index (κ2) is 9.19. The van der Waals surface area contributed by atoms with Crippen molar-refractivity contribution in [3.05, 3.63) is 46.9 Å². The first-order chi connectivity index (χ1) is 12.4. The highest BCUT2D eigenvalue weighted by molar-refractivity contribution is 6.32. The number of aryl methyl sites for hydroxylation is 1. The number of anilines is 1. The molecule has 0 radical (unpaired) electrons. The molecule has 1 aliphatic rings. The number of nitrogens with zero attached hydrogens (tertiary/aromatic N) is 2. The van der Waals surface area contributed by atoms with Crippen molar-refractivity contribution in [1.29, 1.82) is 0 Å². The summed E-state index contributed by atoms with van der Waals surface area (Å²) in [7, 11) is 0. The number of ether oxygens (including phenoxy) is 2. The highest BCUT2D eigenvalue weighted by atomic mass is 35.5. The quantitative estimate of drug-likeness (QED) is 0.692. The predicted molar refractivity (Wildman–Crippen MR) is 104 cm³/mol. The Morgan fingerprint density at radius 1 is 1.19 bits per heavy atom. The van der Waals surface area contributed by atoms with Crippen molar-refractivity contribution in [2.45, 2.75) is 46.8 Å². The number of hydrogen-bond acceptors (Lipinski definition) is 4. The molecule has 6 heteroatoms. The third kappa shape index (κ3) is 4.86. The van der Waals surface area contributed by atoms with Crippen molar-refractivity contribution in [2.75, 3.05) is 18.0 Å². The fraction of sp³-hybridized carbons (Fsp3) is 0.450. The van der Waals surface area contributed by atoms with E-state index in [9.17, 15) is 4.39 Å². The molecule has 0 bridgehead atoms. The van der Waals surface area contributed by atoms with E-state index >= 15 is 0 Å². The van der Waals surface area contributed by atoms with E-state index in [-0.39, 0.29) is 17.2 Å². The van der Waals surface area contributed by atoms with Crippen LogP contribution in [-0.4, -0.2) is 30.3 Å². The minimum atomic E-state index is -0.459. The summed E-state index contributed by atoms with van der Waals surface area (Å²) >= 11 is 6.03. The van der Waals surface area contributed by atoms with Gasteiger partial charge in [0.1, 0.15) is 28.2 Å². The van der Waals surface area contributed by atoms with Crippen LogP contribution in [0.1, 0.15) is 33.3 Å². The number of hydrogen-bond donors (Lipinski definition) is 0. The van der Waals surface area contributed by atoms with Gasteiger partial charge in [-0.15, -0.1) is 0 Å². The fourth-order valence-corrected chi connectivity index (χ4v) is 3.09. The summed E-state index contributed by atoms with van der Waals surface area (Å²) in [6.45, 7) is 11.3. The van der Waals surface area contributed by atoms with Crippen molar-refractivity contribution < 1.29 is 13.9 Å². The van der Waals surface area contributed by atoms with Gasteiger partial charge < -0.3 is 14.4 Å². The Morgan fingerprint density at radius 2 is 1.85 bits per heavy atom. The lowest BCUT2D eigenvalue weighted by molar-refractivity contribution is -0.00547. The Labute approximate surface area is 159 Å². The van der Waals surface area contributed by atoms with Crippen molar-refractivity contribution >= 4 is 17.4 Å². The van der Waals surface area contributed by atoms with Crippen LogP contribution in [0.2, 0.25) is 5.02 Å². The van der Waals surface area contributed by atoms with E-state index in [1.54, 1.807) is 31.3 Å². The zero-order valence-corrected chi connectivity index (χ0v) is 16.7. The minimum Gasteiger partial charge on any atom is -0.455 e. The topological polar surface area (TPSA) is 34.6 Å². The third-order valence-corrected chi connectivity index (χ3v) is 4.28. The SMILES string of the molecule is CC.Cc1ccc(Oc2ccnc(N3CC(C)OC(C)C3)c2)c(Cl)c1F. The van der Waals surface area contributed by atoms with Crippen LogP contribution in [0.25, 0.3) is 0 Å². The van der Waals surface area contributed by atoms with Gasteiger partial charge in [-0.1, -0.05) is 31.5 Å². The molecule has 4 nitrogen and oxygen atoms in total. The molecule has 1 saturated heterocycles. The lowest BCUT2D eigenvalue weighted by atomic mass is 10.2. The molecule has 2 unspecified atom stereocenters. The van der Waals surface area contributed by atoms with Crippen LogP contribution in [-0.2, 0) is 4.74 Å². The second-order valence-electron chi connectivity index (χ2n) is 6.12. The number of halogens is 2.